The molecule has 2 heteroatoms. The summed E-state index contributed by atoms with van der Waals surface area (Å²) in [6.45, 7) is 10.8. The molecule has 0 aliphatic heterocycles. The number of hydrogen-bond donors (Lipinski definition) is 0. The smallest absolute Gasteiger partial charge is 0.161 e. The quantitative estimate of drug-likeness (QED) is 0.756. The van der Waals surface area contributed by atoms with Crippen molar-refractivity contribution in [1.82, 2.24) is 0 Å². The molecule has 0 heterocycles. The van der Waals surface area contributed by atoms with Crippen molar-refractivity contribution in [1.29, 1.82) is 0 Å². The zero-order chi connectivity index (χ0) is 11.5. The number of rotatable bonds is 3. The maximum Gasteiger partial charge on any atom is 0.161 e. The van der Waals surface area contributed by atoms with E-state index in [1.807, 2.05) is 52.8 Å². The average Bonchev–Trinajstić information content (AvgIpc) is 2.08. The molecule has 0 fully saturated rings. The highest BCUT2D eigenvalue weighted by molar-refractivity contribution is 5.42. The normalized spacial score (nSPS) is 11.3. The standard InChI is InChI=1S/C13H20O2/c1-6-14-12-9-10(2)7-8-11(12)15-13(3,4)5/h7-9H,6H2,1-5H3. The third kappa shape index (κ3) is 3.82. The molecule has 1 aromatic carbocycles. The Morgan fingerprint density at radius 3 is 2.33 bits per heavy atom. The second-order valence-electron chi connectivity index (χ2n) is 4.60. The van der Waals surface area contributed by atoms with E-state index in [0.29, 0.717) is 6.61 Å². The van der Waals surface area contributed by atoms with Crippen LogP contribution >= 0.6 is 0 Å². The highest BCUT2D eigenvalue weighted by Crippen LogP contribution is 2.31. The van der Waals surface area contributed by atoms with E-state index in [0.717, 1.165) is 11.5 Å². The van der Waals surface area contributed by atoms with Crippen molar-refractivity contribution in [3.8, 4) is 11.5 Å². The third-order valence-electron chi connectivity index (χ3n) is 1.82. The molecule has 1 rings (SSSR count). The Kier molecular flexibility index (Phi) is 3.61. The minimum Gasteiger partial charge on any atom is -0.490 e. The van der Waals surface area contributed by atoms with Gasteiger partial charge in [0.25, 0.3) is 0 Å². The monoisotopic (exact) mass is 208 g/mol. The van der Waals surface area contributed by atoms with E-state index in [4.69, 9.17) is 9.47 Å². The molecule has 0 saturated heterocycles. The van der Waals surface area contributed by atoms with Crippen LogP contribution in [-0.2, 0) is 0 Å². The van der Waals surface area contributed by atoms with Crippen LogP contribution in [0.15, 0.2) is 18.2 Å². The molecule has 84 valence electrons. The fourth-order valence-electron chi connectivity index (χ4n) is 1.30. The molecule has 0 radical (unpaired) electrons. The molecule has 0 spiro atoms. The molecule has 0 saturated carbocycles. The van der Waals surface area contributed by atoms with Gasteiger partial charge in [-0.1, -0.05) is 6.07 Å². The van der Waals surface area contributed by atoms with Crippen LogP contribution in [0.4, 0.5) is 0 Å². The van der Waals surface area contributed by atoms with Gasteiger partial charge in [0.05, 0.1) is 6.61 Å². The highest BCUT2D eigenvalue weighted by atomic mass is 16.5. The van der Waals surface area contributed by atoms with Crippen LogP contribution in [0.5, 0.6) is 11.5 Å². The first kappa shape index (κ1) is 11.9. The zero-order valence-electron chi connectivity index (χ0n) is 10.3. The summed E-state index contributed by atoms with van der Waals surface area (Å²) in [4.78, 5) is 0. The Balaban J connectivity index is 2.95. The molecule has 1 aromatic rings. The summed E-state index contributed by atoms with van der Waals surface area (Å²) in [7, 11) is 0. The predicted octanol–water partition coefficient (Wildman–Crippen LogP) is 3.57. The van der Waals surface area contributed by atoms with E-state index >= 15 is 0 Å². The van der Waals surface area contributed by atoms with Crippen LogP contribution in [0, 0.1) is 6.92 Å². The van der Waals surface area contributed by atoms with Crippen LogP contribution in [-0.4, -0.2) is 12.2 Å². The van der Waals surface area contributed by atoms with Crippen molar-refractivity contribution in [3.05, 3.63) is 23.8 Å². The Labute approximate surface area is 92.2 Å². The second kappa shape index (κ2) is 4.56. The van der Waals surface area contributed by atoms with Gasteiger partial charge in [-0.05, 0) is 52.3 Å². The summed E-state index contributed by atoms with van der Waals surface area (Å²) >= 11 is 0. The minimum absolute atomic E-state index is 0.193. The van der Waals surface area contributed by atoms with Crippen molar-refractivity contribution < 1.29 is 9.47 Å². The molecule has 0 bridgehead atoms. The first-order valence-corrected chi connectivity index (χ1v) is 5.35. The summed E-state index contributed by atoms with van der Waals surface area (Å²) in [5.74, 6) is 1.64. The second-order valence-corrected chi connectivity index (χ2v) is 4.60. The molecule has 0 aliphatic carbocycles. The van der Waals surface area contributed by atoms with E-state index in [9.17, 15) is 0 Å². The molecule has 0 N–H and O–H groups in total. The van der Waals surface area contributed by atoms with Crippen LogP contribution in [0.3, 0.4) is 0 Å². The number of hydrogen-bond acceptors (Lipinski definition) is 2. The van der Waals surface area contributed by atoms with E-state index in [2.05, 4.69) is 0 Å². The van der Waals surface area contributed by atoms with Gasteiger partial charge >= 0.3 is 0 Å². The largest absolute Gasteiger partial charge is 0.490 e. The van der Waals surface area contributed by atoms with Crippen molar-refractivity contribution in [2.24, 2.45) is 0 Å². The summed E-state index contributed by atoms with van der Waals surface area (Å²) in [5.41, 5.74) is 0.987. The first-order valence-electron chi connectivity index (χ1n) is 5.35. The zero-order valence-corrected chi connectivity index (χ0v) is 10.3. The lowest BCUT2D eigenvalue weighted by Crippen LogP contribution is -2.23. The van der Waals surface area contributed by atoms with Gasteiger partial charge in [0, 0.05) is 0 Å². The Morgan fingerprint density at radius 2 is 1.80 bits per heavy atom. The lowest BCUT2D eigenvalue weighted by atomic mass is 10.1. The lowest BCUT2D eigenvalue weighted by molar-refractivity contribution is 0.124. The van der Waals surface area contributed by atoms with Crippen LogP contribution in [0.2, 0.25) is 0 Å². The van der Waals surface area contributed by atoms with Crippen molar-refractivity contribution in [2.75, 3.05) is 6.61 Å². The van der Waals surface area contributed by atoms with E-state index < -0.39 is 0 Å². The molecular weight excluding hydrogens is 188 g/mol. The van der Waals surface area contributed by atoms with E-state index in [1.54, 1.807) is 0 Å². The van der Waals surface area contributed by atoms with Crippen molar-refractivity contribution in [2.45, 2.75) is 40.2 Å². The third-order valence-corrected chi connectivity index (χ3v) is 1.82. The number of benzene rings is 1. The number of aryl methyl sites for hydroxylation is 1. The fraction of sp³-hybridized carbons (Fsp3) is 0.538. The van der Waals surface area contributed by atoms with E-state index in [-0.39, 0.29) is 5.60 Å². The summed E-state index contributed by atoms with van der Waals surface area (Å²) in [5, 5.41) is 0. The highest BCUT2D eigenvalue weighted by Gasteiger charge is 2.15. The minimum atomic E-state index is -0.193. The van der Waals surface area contributed by atoms with Crippen LogP contribution < -0.4 is 9.47 Å². The Bertz CT molecular complexity index is 324. The van der Waals surface area contributed by atoms with Gasteiger partial charge < -0.3 is 9.47 Å². The van der Waals surface area contributed by atoms with Gasteiger partial charge in [0.15, 0.2) is 11.5 Å². The SMILES string of the molecule is CCOc1cc(C)ccc1OC(C)(C)C. The van der Waals surface area contributed by atoms with E-state index in [1.165, 1.54) is 5.56 Å². The molecule has 15 heavy (non-hydrogen) atoms. The predicted molar refractivity (Wildman–Crippen MR) is 62.7 cm³/mol. The van der Waals surface area contributed by atoms with Gasteiger partial charge in [0.2, 0.25) is 0 Å². The van der Waals surface area contributed by atoms with Crippen LogP contribution in [0.1, 0.15) is 33.3 Å². The summed E-state index contributed by atoms with van der Waals surface area (Å²) < 4.78 is 11.4. The summed E-state index contributed by atoms with van der Waals surface area (Å²) in [6.07, 6.45) is 0. The van der Waals surface area contributed by atoms with Gasteiger partial charge in [-0.2, -0.15) is 0 Å². The molecule has 0 aromatic heterocycles. The summed E-state index contributed by atoms with van der Waals surface area (Å²) in [6, 6.07) is 6.00. The van der Waals surface area contributed by atoms with Gasteiger partial charge in [-0.25, -0.2) is 0 Å². The molecule has 0 unspecified atom stereocenters. The number of ether oxygens (including phenoxy) is 2. The van der Waals surface area contributed by atoms with Gasteiger partial charge in [-0.15, -0.1) is 0 Å². The molecule has 2 nitrogen and oxygen atoms in total. The Hall–Kier alpha value is -1.18. The maximum atomic E-state index is 5.82. The fourth-order valence-corrected chi connectivity index (χ4v) is 1.30. The van der Waals surface area contributed by atoms with Gasteiger partial charge in [-0.3, -0.25) is 0 Å². The Morgan fingerprint density at radius 1 is 1.13 bits per heavy atom. The maximum absolute atomic E-state index is 5.82. The average molecular weight is 208 g/mol. The first-order chi connectivity index (χ1) is 6.92. The van der Waals surface area contributed by atoms with Crippen LogP contribution in [0.25, 0.3) is 0 Å². The van der Waals surface area contributed by atoms with Crippen molar-refractivity contribution >= 4 is 0 Å². The molecular formula is C13H20O2. The van der Waals surface area contributed by atoms with Gasteiger partial charge in [0.1, 0.15) is 5.60 Å². The molecule has 0 aliphatic rings. The molecule has 0 amide bonds. The lowest BCUT2D eigenvalue weighted by Gasteiger charge is -2.23. The topological polar surface area (TPSA) is 18.5 Å². The van der Waals surface area contributed by atoms with Crippen molar-refractivity contribution in [3.63, 3.8) is 0 Å². The molecule has 0 atom stereocenters.